The van der Waals surface area contributed by atoms with Crippen LogP contribution in [-0.4, -0.2) is 44.7 Å². The summed E-state index contributed by atoms with van der Waals surface area (Å²) >= 11 is 0. The van der Waals surface area contributed by atoms with Gasteiger partial charge >= 0.3 is 5.97 Å². The van der Waals surface area contributed by atoms with Crippen molar-refractivity contribution in [3.8, 4) is 0 Å². The van der Waals surface area contributed by atoms with Crippen molar-refractivity contribution in [2.45, 2.75) is 63.3 Å². The third-order valence-electron chi connectivity index (χ3n) is 5.38. The predicted molar refractivity (Wildman–Crippen MR) is 109 cm³/mol. The van der Waals surface area contributed by atoms with Crippen molar-refractivity contribution in [3.05, 3.63) is 60.2 Å². The Labute approximate surface area is 167 Å². The fourth-order valence-corrected chi connectivity index (χ4v) is 3.76. The van der Waals surface area contributed by atoms with Crippen LogP contribution >= 0.6 is 0 Å². The molecule has 1 aromatic carbocycles. The van der Waals surface area contributed by atoms with Crippen LogP contribution in [0.5, 0.6) is 0 Å². The number of aliphatic carboxylic acids is 1. The molecule has 1 fully saturated rings. The lowest BCUT2D eigenvalue weighted by molar-refractivity contribution is -0.137. The maximum Gasteiger partial charge on any atom is 0.303 e. The highest BCUT2D eigenvalue weighted by Gasteiger charge is 2.39. The number of carboxylic acids is 1. The first-order chi connectivity index (χ1) is 13.5. The van der Waals surface area contributed by atoms with E-state index in [-0.39, 0.29) is 18.3 Å². The van der Waals surface area contributed by atoms with E-state index in [0.29, 0.717) is 32.1 Å². The van der Waals surface area contributed by atoms with Crippen LogP contribution in [0.3, 0.4) is 0 Å². The van der Waals surface area contributed by atoms with Crippen LogP contribution in [0.2, 0.25) is 0 Å². The van der Waals surface area contributed by atoms with Crippen molar-refractivity contribution < 1.29 is 25.2 Å². The molecular weight excluding hydrogens is 356 g/mol. The van der Waals surface area contributed by atoms with Crippen molar-refractivity contribution in [1.82, 2.24) is 0 Å². The molecule has 154 valence electrons. The second-order valence-electron chi connectivity index (χ2n) is 7.58. The zero-order valence-electron chi connectivity index (χ0n) is 16.2. The molecule has 0 radical (unpaired) electrons. The van der Waals surface area contributed by atoms with E-state index in [1.165, 1.54) is 5.56 Å². The number of allylic oxidation sites excluding steroid dienone is 2. The number of hydrogen-bond donors (Lipinski definition) is 4. The fraction of sp³-hybridized carbons (Fsp3) is 0.522. The number of aliphatic hydroxyl groups is 3. The van der Waals surface area contributed by atoms with Crippen LogP contribution in [0.25, 0.3) is 0 Å². The average Bonchev–Trinajstić information content (AvgIpc) is 2.94. The molecule has 1 aliphatic rings. The first-order valence-electron chi connectivity index (χ1n) is 10.1. The molecule has 0 saturated heterocycles. The Kier molecular flexibility index (Phi) is 9.41. The van der Waals surface area contributed by atoms with Crippen molar-refractivity contribution in [3.63, 3.8) is 0 Å². The molecular formula is C23H32O5. The van der Waals surface area contributed by atoms with E-state index in [2.05, 4.69) is 0 Å². The second kappa shape index (κ2) is 11.8. The SMILES string of the molecule is O=C(O)CCC/C=C\C[C@@H]1[C@@H](/C=C/C(O)CCc2ccccc2)[C@H](O)C[C@@H]1O. The van der Waals surface area contributed by atoms with Gasteiger partial charge < -0.3 is 20.4 Å². The van der Waals surface area contributed by atoms with E-state index in [4.69, 9.17) is 5.11 Å². The molecule has 0 aliphatic heterocycles. The molecule has 4 N–H and O–H groups in total. The molecule has 1 unspecified atom stereocenters. The summed E-state index contributed by atoms with van der Waals surface area (Å²) in [6.07, 6.45) is 9.51. The van der Waals surface area contributed by atoms with Gasteiger partial charge in [0, 0.05) is 18.8 Å². The summed E-state index contributed by atoms with van der Waals surface area (Å²) in [5.41, 5.74) is 1.18. The summed E-state index contributed by atoms with van der Waals surface area (Å²) in [5.74, 6) is -1.08. The van der Waals surface area contributed by atoms with E-state index in [1.807, 2.05) is 48.6 Å². The lowest BCUT2D eigenvalue weighted by Crippen LogP contribution is -2.20. The van der Waals surface area contributed by atoms with Gasteiger partial charge in [-0.25, -0.2) is 0 Å². The highest BCUT2D eigenvalue weighted by Crippen LogP contribution is 2.36. The molecule has 0 aromatic heterocycles. The number of aryl methyl sites for hydroxylation is 1. The molecule has 5 nitrogen and oxygen atoms in total. The lowest BCUT2D eigenvalue weighted by atomic mass is 9.89. The van der Waals surface area contributed by atoms with E-state index < -0.39 is 24.3 Å². The quantitative estimate of drug-likeness (QED) is 0.345. The van der Waals surface area contributed by atoms with Gasteiger partial charge in [-0.1, -0.05) is 54.6 Å². The minimum Gasteiger partial charge on any atom is -0.481 e. The molecule has 1 saturated carbocycles. The van der Waals surface area contributed by atoms with Gasteiger partial charge in [-0.3, -0.25) is 4.79 Å². The summed E-state index contributed by atoms with van der Waals surface area (Å²) < 4.78 is 0. The van der Waals surface area contributed by atoms with Crippen molar-refractivity contribution in [2.24, 2.45) is 11.8 Å². The molecule has 0 spiro atoms. The summed E-state index contributed by atoms with van der Waals surface area (Å²) in [6.45, 7) is 0. The maximum atomic E-state index is 10.5. The standard InChI is InChI=1S/C23H32O5/c24-18(13-12-17-8-4-3-5-9-17)14-15-20-19(21(25)16-22(20)26)10-6-1-2-7-11-23(27)28/h1,3-6,8-9,14-15,18-22,24-26H,2,7,10-13,16H2,(H,27,28)/b6-1-,15-14+/t18?,19-,20-,21+,22-/m1/s1. The number of carboxylic acid groups (broad SMARTS) is 1. The van der Waals surface area contributed by atoms with E-state index in [9.17, 15) is 20.1 Å². The number of benzene rings is 1. The predicted octanol–water partition coefficient (Wildman–Crippen LogP) is 3.10. The molecule has 28 heavy (non-hydrogen) atoms. The van der Waals surface area contributed by atoms with Gasteiger partial charge in [0.25, 0.3) is 0 Å². The number of aliphatic hydroxyl groups excluding tert-OH is 3. The normalized spacial score (nSPS) is 26.2. The van der Waals surface area contributed by atoms with Crippen LogP contribution in [0.4, 0.5) is 0 Å². The number of rotatable bonds is 11. The summed E-state index contributed by atoms with van der Waals surface area (Å²) in [7, 11) is 0. The molecule has 1 aliphatic carbocycles. The van der Waals surface area contributed by atoms with Gasteiger partial charge in [0.2, 0.25) is 0 Å². The van der Waals surface area contributed by atoms with E-state index in [1.54, 1.807) is 6.08 Å². The van der Waals surface area contributed by atoms with E-state index in [0.717, 1.165) is 6.42 Å². The Morgan fingerprint density at radius 2 is 1.89 bits per heavy atom. The number of unbranched alkanes of at least 4 members (excludes halogenated alkanes) is 1. The van der Waals surface area contributed by atoms with Gasteiger partial charge in [0.15, 0.2) is 0 Å². The maximum absolute atomic E-state index is 10.5. The number of carbonyl (C=O) groups is 1. The fourth-order valence-electron chi connectivity index (χ4n) is 3.76. The van der Waals surface area contributed by atoms with Gasteiger partial charge in [-0.05, 0) is 43.6 Å². The van der Waals surface area contributed by atoms with Crippen LogP contribution < -0.4 is 0 Å². The third-order valence-corrected chi connectivity index (χ3v) is 5.38. The van der Waals surface area contributed by atoms with Crippen LogP contribution in [0.15, 0.2) is 54.6 Å². The highest BCUT2D eigenvalue weighted by molar-refractivity contribution is 5.66. The van der Waals surface area contributed by atoms with Gasteiger partial charge in [0.05, 0.1) is 18.3 Å². The Hall–Kier alpha value is -1.95. The summed E-state index contributed by atoms with van der Waals surface area (Å²) in [6, 6.07) is 9.99. The average molecular weight is 389 g/mol. The Balaban J connectivity index is 1.82. The third kappa shape index (κ3) is 7.58. The monoisotopic (exact) mass is 388 g/mol. The lowest BCUT2D eigenvalue weighted by Gasteiger charge is -2.19. The van der Waals surface area contributed by atoms with Crippen molar-refractivity contribution in [2.75, 3.05) is 0 Å². The molecule has 0 bridgehead atoms. The van der Waals surface area contributed by atoms with Crippen LogP contribution in [0.1, 0.15) is 44.1 Å². The van der Waals surface area contributed by atoms with Crippen LogP contribution in [-0.2, 0) is 11.2 Å². The highest BCUT2D eigenvalue weighted by atomic mass is 16.4. The minimum atomic E-state index is -0.793. The van der Waals surface area contributed by atoms with Crippen molar-refractivity contribution >= 4 is 5.97 Å². The topological polar surface area (TPSA) is 98.0 Å². The summed E-state index contributed by atoms with van der Waals surface area (Å²) in [5, 5.41) is 39.4. The molecule has 0 amide bonds. The van der Waals surface area contributed by atoms with Gasteiger partial charge in [-0.2, -0.15) is 0 Å². The van der Waals surface area contributed by atoms with Crippen molar-refractivity contribution in [1.29, 1.82) is 0 Å². The molecule has 2 rings (SSSR count). The Morgan fingerprint density at radius 3 is 2.61 bits per heavy atom. The Bertz CT molecular complexity index is 640. The van der Waals surface area contributed by atoms with Gasteiger partial charge in [0.1, 0.15) is 0 Å². The zero-order chi connectivity index (χ0) is 20.4. The Morgan fingerprint density at radius 1 is 1.14 bits per heavy atom. The molecule has 0 heterocycles. The first-order valence-corrected chi connectivity index (χ1v) is 10.1. The second-order valence-corrected chi connectivity index (χ2v) is 7.58. The largest absolute Gasteiger partial charge is 0.481 e. The zero-order valence-corrected chi connectivity index (χ0v) is 16.2. The smallest absolute Gasteiger partial charge is 0.303 e. The number of hydrogen-bond acceptors (Lipinski definition) is 4. The molecule has 1 aromatic rings. The van der Waals surface area contributed by atoms with E-state index >= 15 is 0 Å². The molecule has 5 heteroatoms. The van der Waals surface area contributed by atoms with Gasteiger partial charge in [-0.15, -0.1) is 0 Å². The summed E-state index contributed by atoms with van der Waals surface area (Å²) in [4.78, 5) is 10.5. The minimum absolute atomic E-state index is 0.0942. The first kappa shape index (κ1) is 22.3. The molecule has 5 atom stereocenters. The van der Waals surface area contributed by atoms with Crippen LogP contribution in [0, 0.1) is 11.8 Å².